The minimum atomic E-state index is -0.895. The molecular weight excluding hydrogens is 260 g/mol. The summed E-state index contributed by atoms with van der Waals surface area (Å²) >= 11 is 0. The molecule has 4 fully saturated rings. The van der Waals surface area contributed by atoms with Crippen LogP contribution in [0, 0.1) is 23.2 Å². The number of rotatable bonds is 5. The predicted molar refractivity (Wildman–Crippen MR) is 70.0 cm³/mol. The topological polar surface area (TPSA) is 72.8 Å². The molecule has 4 saturated carbocycles. The Morgan fingerprint density at radius 1 is 1.20 bits per heavy atom. The summed E-state index contributed by atoms with van der Waals surface area (Å²) in [4.78, 5) is 21.8. The van der Waals surface area contributed by atoms with Crippen LogP contribution in [0.1, 0.15) is 39.0 Å². The van der Waals surface area contributed by atoms with Crippen LogP contribution in [0.3, 0.4) is 0 Å². The van der Waals surface area contributed by atoms with Crippen molar-refractivity contribution in [1.29, 1.82) is 0 Å². The second kappa shape index (κ2) is 5.02. The monoisotopic (exact) mass is 282 g/mol. The van der Waals surface area contributed by atoms with Crippen molar-refractivity contribution in [2.45, 2.75) is 45.1 Å². The molecule has 4 aliphatic rings. The van der Waals surface area contributed by atoms with Crippen LogP contribution in [0.15, 0.2) is 0 Å². The molecule has 0 spiro atoms. The smallest absolute Gasteiger partial charge is 0.329 e. The lowest BCUT2D eigenvalue weighted by Crippen LogP contribution is -2.56. The van der Waals surface area contributed by atoms with Crippen LogP contribution in [0.25, 0.3) is 0 Å². The Morgan fingerprint density at radius 2 is 1.85 bits per heavy atom. The van der Waals surface area contributed by atoms with E-state index in [1.807, 2.05) is 0 Å². The average molecular weight is 282 g/mol. The van der Waals surface area contributed by atoms with Crippen LogP contribution in [-0.2, 0) is 19.1 Å². The number of aliphatic carboxylic acids is 1. The van der Waals surface area contributed by atoms with Gasteiger partial charge < -0.3 is 14.6 Å². The van der Waals surface area contributed by atoms with Gasteiger partial charge in [0, 0.05) is 12.3 Å². The minimum absolute atomic E-state index is 0.0908. The summed E-state index contributed by atoms with van der Waals surface area (Å²) in [6, 6.07) is 0. The van der Waals surface area contributed by atoms with Gasteiger partial charge in [-0.3, -0.25) is 4.79 Å². The molecule has 0 heterocycles. The zero-order chi connectivity index (χ0) is 14.3. The van der Waals surface area contributed by atoms with Gasteiger partial charge in [0.2, 0.25) is 0 Å². The largest absolute Gasteiger partial charge is 0.480 e. The number of hydrogen-bond acceptors (Lipinski definition) is 4. The molecule has 0 aromatic rings. The molecule has 0 saturated heterocycles. The first kappa shape index (κ1) is 13.9. The van der Waals surface area contributed by atoms with Gasteiger partial charge in [-0.15, -0.1) is 0 Å². The lowest BCUT2D eigenvalue weighted by atomic mass is 9.49. The third-order valence-electron chi connectivity index (χ3n) is 5.29. The molecule has 0 amide bonds. The summed E-state index contributed by atoms with van der Waals surface area (Å²) in [5.41, 5.74) is 0.130. The molecule has 2 atom stereocenters. The highest BCUT2D eigenvalue weighted by Crippen LogP contribution is 2.60. The zero-order valence-corrected chi connectivity index (χ0v) is 11.8. The Morgan fingerprint density at radius 3 is 2.40 bits per heavy atom. The van der Waals surface area contributed by atoms with Crippen molar-refractivity contribution in [3.8, 4) is 0 Å². The molecule has 5 nitrogen and oxygen atoms in total. The lowest BCUT2D eigenvalue weighted by Gasteiger charge is -2.59. The van der Waals surface area contributed by atoms with Crippen LogP contribution in [0.5, 0.6) is 0 Å². The van der Waals surface area contributed by atoms with Gasteiger partial charge in [-0.25, -0.2) is 4.79 Å². The Hall–Kier alpha value is -1.10. The second-order valence-corrected chi connectivity index (χ2v) is 6.92. The van der Waals surface area contributed by atoms with E-state index in [0.717, 1.165) is 32.1 Å². The molecule has 2 unspecified atom stereocenters. The van der Waals surface area contributed by atoms with Crippen LogP contribution in [0.4, 0.5) is 0 Å². The third-order valence-corrected chi connectivity index (χ3v) is 5.29. The first-order valence-corrected chi connectivity index (χ1v) is 7.44. The summed E-state index contributed by atoms with van der Waals surface area (Å²) < 4.78 is 10.9. The van der Waals surface area contributed by atoms with Crippen molar-refractivity contribution in [1.82, 2.24) is 0 Å². The maximum atomic E-state index is 11.1. The van der Waals surface area contributed by atoms with E-state index in [-0.39, 0.29) is 24.1 Å². The normalized spacial score (nSPS) is 41.6. The highest BCUT2D eigenvalue weighted by Gasteiger charge is 2.56. The van der Waals surface area contributed by atoms with E-state index in [0.29, 0.717) is 24.4 Å². The molecule has 0 aromatic carbocycles. The highest BCUT2D eigenvalue weighted by molar-refractivity contribution is 5.68. The van der Waals surface area contributed by atoms with Crippen LogP contribution in [-0.4, -0.2) is 36.4 Å². The number of carboxylic acid groups (broad SMARTS) is 1. The zero-order valence-electron chi connectivity index (χ0n) is 11.8. The van der Waals surface area contributed by atoms with Gasteiger partial charge in [-0.2, -0.15) is 0 Å². The van der Waals surface area contributed by atoms with E-state index in [1.165, 1.54) is 6.92 Å². The van der Waals surface area contributed by atoms with E-state index in [2.05, 4.69) is 0 Å². The fourth-order valence-corrected chi connectivity index (χ4v) is 5.02. The Bertz CT molecular complexity index is 402. The predicted octanol–water partition coefficient (Wildman–Crippen LogP) is 1.85. The SMILES string of the molecule is CC(=O)OCC12CC3CC(C1)C(OCC(=O)O)C(C3)C2. The van der Waals surface area contributed by atoms with Gasteiger partial charge in [-0.05, 0) is 49.9 Å². The van der Waals surface area contributed by atoms with Crippen molar-refractivity contribution in [3.05, 3.63) is 0 Å². The number of ether oxygens (including phenoxy) is 2. The third kappa shape index (κ3) is 2.55. The van der Waals surface area contributed by atoms with Crippen molar-refractivity contribution in [3.63, 3.8) is 0 Å². The highest BCUT2D eigenvalue weighted by atomic mass is 16.5. The first-order valence-electron chi connectivity index (χ1n) is 7.44. The fourth-order valence-electron chi connectivity index (χ4n) is 5.02. The molecule has 4 rings (SSSR count). The number of hydrogen-bond donors (Lipinski definition) is 1. The summed E-state index contributed by atoms with van der Waals surface area (Å²) in [7, 11) is 0. The maximum Gasteiger partial charge on any atom is 0.329 e. The molecule has 4 aliphatic carbocycles. The number of esters is 1. The maximum absolute atomic E-state index is 11.1. The number of carbonyl (C=O) groups excluding carboxylic acids is 1. The molecule has 0 radical (unpaired) electrons. The van der Waals surface area contributed by atoms with Crippen molar-refractivity contribution < 1.29 is 24.2 Å². The second-order valence-electron chi connectivity index (χ2n) is 6.92. The molecule has 5 heteroatoms. The Balaban J connectivity index is 1.67. The van der Waals surface area contributed by atoms with Gasteiger partial charge in [0.05, 0.1) is 12.7 Å². The molecule has 0 aliphatic heterocycles. The lowest BCUT2D eigenvalue weighted by molar-refractivity contribution is -0.185. The number of carboxylic acids is 1. The van der Waals surface area contributed by atoms with Gasteiger partial charge in [-0.1, -0.05) is 0 Å². The van der Waals surface area contributed by atoms with Gasteiger partial charge in [0.25, 0.3) is 0 Å². The average Bonchev–Trinajstić information content (AvgIpc) is 2.34. The minimum Gasteiger partial charge on any atom is -0.480 e. The van der Waals surface area contributed by atoms with Crippen LogP contribution in [0.2, 0.25) is 0 Å². The molecule has 4 bridgehead atoms. The van der Waals surface area contributed by atoms with E-state index < -0.39 is 5.97 Å². The molecular formula is C15H22O5. The number of carbonyl (C=O) groups is 2. The van der Waals surface area contributed by atoms with E-state index in [4.69, 9.17) is 14.6 Å². The standard InChI is InChI=1S/C15H22O5/c1-9(16)20-8-15-4-10-2-11(5-15)14(12(3-10)6-15)19-7-13(17)18/h10-12,14H,2-8H2,1H3,(H,17,18). The molecule has 0 aromatic heterocycles. The first-order chi connectivity index (χ1) is 9.47. The summed E-state index contributed by atoms with van der Waals surface area (Å²) in [6.07, 6.45) is 5.55. The van der Waals surface area contributed by atoms with Crippen LogP contribution < -0.4 is 0 Å². The van der Waals surface area contributed by atoms with Crippen molar-refractivity contribution in [2.24, 2.45) is 23.2 Å². The summed E-state index contributed by atoms with van der Waals surface area (Å²) in [5.74, 6) is 0.480. The molecule has 112 valence electrons. The van der Waals surface area contributed by atoms with Gasteiger partial charge in [0.15, 0.2) is 0 Å². The Labute approximate surface area is 118 Å². The summed E-state index contributed by atoms with van der Waals surface area (Å²) in [6.45, 7) is 1.79. The van der Waals surface area contributed by atoms with E-state index in [1.54, 1.807) is 0 Å². The van der Waals surface area contributed by atoms with E-state index >= 15 is 0 Å². The van der Waals surface area contributed by atoms with Crippen LogP contribution >= 0.6 is 0 Å². The fraction of sp³-hybridized carbons (Fsp3) is 0.867. The molecule has 20 heavy (non-hydrogen) atoms. The van der Waals surface area contributed by atoms with Gasteiger partial charge in [0.1, 0.15) is 6.61 Å². The van der Waals surface area contributed by atoms with Gasteiger partial charge >= 0.3 is 11.9 Å². The quantitative estimate of drug-likeness (QED) is 0.779. The van der Waals surface area contributed by atoms with Crippen molar-refractivity contribution in [2.75, 3.05) is 13.2 Å². The Kier molecular flexibility index (Phi) is 3.48. The van der Waals surface area contributed by atoms with Crippen molar-refractivity contribution >= 4 is 11.9 Å². The molecule has 1 N–H and O–H groups in total. The summed E-state index contributed by atoms with van der Waals surface area (Å²) in [5, 5.41) is 8.78. The van der Waals surface area contributed by atoms with E-state index in [9.17, 15) is 9.59 Å².